The number of methoxy groups -OCH3 is 1. The van der Waals surface area contributed by atoms with Gasteiger partial charge in [-0.1, -0.05) is 34.1 Å². The maximum Gasteiger partial charge on any atom is 0.244 e. The largest absolute Gasteiger partial charge is 0.497 e. The summed E-state index contributed by atoms with van der Waals surface area (Å²) >= 11 is 3.42. The molecule has 1 atom stereocenters. The maximum absolute atomic E-state index is 13.4. The van der Waals surface area contributed by atoms with Crippen LogP contribution in [0.2, 0.25) is 0 Å². The molecule has 1 N–H and O–H groups in total. The van der Waals surface area contributed by atoms with Crippen molar-refractivity contribution in [2.75, 3.05) is 24.2 Å². The predicted octanol–water partition coefficient (Wildman–Crippen LogP) is 3.17. The monoisotopic (exact) mass is 539 g/mol. The van der Waals surface area contributed by atoms with Gasteiger partial charge in [0.1, 0.15) is 18.3 Å². The Morgan fingerprint density at radius 1 is 1.09 bits per heavy atom. The number of carbonyl (C=O) groups excluding carboxylic acids is 2. The van der Waals surface area contributed by atoms with Crippen molar-refractivity contribution in [3.8, 4) is 5.75 Å². The van der Waals surface area contributed by atoms with E-state index in [1.807, 2.05) is 38.1 Å². The zero-order chi connectivity index (χ0) is 24.8. The molecule has 0 bridgehead atoms. The van der Waals surface area contributed by atoms with Crippen LogP contribution in [0.1, 0.15) is 26.3 Å². The number of anilines is 1. The third-order valence-corrected chi connectivity index (χ3v) is 6.49. The highest BCUT2D eigenvalue weighted by molar-refractivity contribution is 9.10. The number of amides is 2. The van der Waals surface area contributed by atoms with Crippen LogP contribution in [-0.2, 0) is 26.2 Å². The van der Waals surface area contributed by atoms with E-state index in [4.69, 9.17) is 4.74 Å². The smallest absolute Gasteiger partial charge is 0.244 e. The van der Waals surface area contributed by atoms with Crippen molar-refractivity contribution in [1.29, 1.82) is 0 Å². The van der Waals surface area contributed by atoms with E-state index in [0.29, 0.717) is 11.4 Å². The van der Waals surface area contributed by atoms with Crippen LogP contribution in [0.25, 0.3) is 0 Å². The van der Waals surface area contributed by atoms with Gasteiger partial charge in [0.05, 0.1) is 19.1 Å². The summed E-state index contributed by atoms with van der Waals surface area (Å²) in [5.74, 6) is -0.362. The number of hydrogen-bond donors (Lipinski definition) is 1. The van der Waals surface area contributed by atoms with Crippen LogP contribution in [0.15, 0.2) is 53.0 Å². The molecule has 0 saturated carbocycles. The lowest BCUT2D eigenvalue weighted by molar-refractivity contribution is -0.139. The van der Waals surface area contributed by atoms with Gasteiger partial charge in [0.25, 0.3) is 0 Å². The summed E-state index contributed by atoms with van der Waals surface area (Å²) in [6, 6.07) is 12.9. The standard InChI is InChI=1S/C23H30BrN3O5S/c1-16(2)25-23(29)17(3)26(14-18-8-6-9-19(24)12-18)22(28)15-27(33(5,30)31)20-10-7-11-21(13-20)32-4/h6-13,16-17H,14-15H2,1-5H3,(H,25,29)/t17-/m1/s1. The van der Waals surface area contributed by atoms with E-state index in [9.17, 15) is 18.0 Å². The first kappa shape index (κ1) is 26.7. The van der Waals surface area contributed by atoms with Crippen molar-refractivity contribution in [1.82, 2.24) is 10.2 Å². The van der Waals surface area contributed by atoms with E-state index >= 15 is 0 Å². The van der Waals surface area contributed by atoms with Gasteiger partial charge in [0, 0.05) is 23.1 Å². The van der Waals surface area contributed by atoms with Crippen LogP contribution in [0.3, 0.4) is 0 Å². The summed E-state index contributed by atoms with van der Waals surface area (Å²) in [5, 5.41) is 2.81. The summed E-state index contributed by atoms with van der Waals surface area (Å²) in [6.45, 7) is 4.97. The Morgan fingerprint density at radius 2 is 1.76 bits per heavy atom. The number of ether oxygens (including phenoxy) is 1. The lowest BCUT2D eigenvalue weighted by Gasteiger charge is -2.32. The SMILES string of the molecule is COc1cccc(N(CC(=O)N(Cc2cccc(Br)c2)[C@H](C)C(=O)NC(C)C)S(C)(=O)=O)c1. The summed E-state index contributed by atoms with van der Waals surface area (Å²) < 4.78 is 32.2. The zero-order valence-electron chi connectivity index (χ0n) is 19.4. The normalized spacial score (nSPS) is 12.2. The highest BCUT2D eigenvalue weighted by Crippen LogP contribution is 2.24. The molecule has 0 aliphatic heterocycles. The number of hydrogen-bond acceptors (Lipinski definition) is 5. The fourth-order valence-corrected chi connectivity index (χ4v) is 4.49. The molecule has 0 spiro atoms. The van der Waals surface area contributed by atoms with Crippen LogP contribution in [0.5, 0.6) is 5.75 Å². The minimum absolute atomic E-state index is 0.105. The van der Waals surface area contributed by atoms with Crippen molar-refractivity contribution in [2.45, 2.75) is 39.4 Å². The van der Waals surface area contributed by atoms with Crippen molar-refractivity contribution in [3.05, 3.63) is 58.6 Å². The first-order chi connectivity index (χ1) is 15.4. The van der Waals surface area contributed by atoms with E-state index in [1.54, 1.807) is 31.2 Å². The molecule has 0 aliphatic rings. The molecule has 33 heavy (non-hydrogen) atoms. The number of rotatable bonds is 10. The molecule has 0 aliphatic carbocycles. The third kappa shape index (κ3) is 7.75. The van der Waals surface area contributed by atoms with Gasteiger partial charge in [0.15, 0.2) is 0 Å². The quantitative estimate of drug-likeness (QED) is 0.500. The van der Waals surface area contributed by atoms with Gasteiger partial charge in [-0.3, -0.25) is 13.9 Å². The number of halogens is 1. The Morgan fingerprint density at radius 3 is 2.33 bits per heavy atom. The summed E-state index contributed by atoms with van der Waals surface area (Å²) in [5.41, 5.74) is 1.10. The van der Waals surface area contributed by atoms with Gasteiger partial charge in [-0.25, -0.2) is 8.42 Å². The molecule has 8 nitrogen and oxygen atoms in total. The maximum atomic E-state index is 13.4. The van der Waals surface area contributed by atoms with Crippen molar-refractivity contribution in [3.63, 3.8) is 0 Å². The lowest BCUT2D eigenvalue weighted by Crippen LogP contribution is -2.52. The first-order valence-electron chi connectivity index (χ1n) is 10.4. The lowest BCUT2D eigenvalue weighted by atomic mass is 10.1. The highest BCUT2D eigenvalue weighted by atomic mass is 79.9. The average molecular weight is 540 g/mol. The fraction of sp³-hybridized carbons (Fsp3) is 0.391. The second kappa shape index (κ2) is 11.5. The van der Waals surface area contributed by atoms with E-state index in [2.05, 4.69) is 21.2 Å². The van der Waals surface area contributed by atoms with E-state index in [1.165, 1.54) is 12.0 Å². The number of benzene rings is 2. The fourth-order valence-electron chi connectivity index (χ4n) is 3.20. The van der Waals surface area contributed by atoms with Crippen molar-refractivity contribution < 1.29 is 22.7 Å². The molecule has 0 unspecified atom stereocenters. The molecule has 10 heteroatoms. The van der Waals surface area contributed by atoms with E-state index in [-0.39, 0.29) is 18.5 Å². The molecule has 2 amide bonds. The molecule has 0 fully saturated rings. The van der Waals surface area contributed by atoms with Gasteiger partial charge in [0.2, 0.25) is 21.8 Å². The molecule has 0 aromatic heterocycles. The first-order valence-corrected chi connectivity index (χ1v) is 13.0. The van der Waals surface area contributed by atoms with Gasteiger partial charge in [-0.15, -0.1) is 0 Å². The Bertz CT molecular complexity index is 1090. The van der Waals surface area contributed by atoms with E-state index in [0.717, 1.165) is 20.6 Å². The van der Waals surface area contributed by atoms with Gasteiger partial charge < -0.3 is 15.0 Å². The Hall–Kier alpha value is -2.59. The number of carbonyl (C=O) groups is 2. The van der Waals surface area contributed by atoms with Crippen LogP contribution < -0.4 is 14.4 Å². The van der Waals surface area contributed by atoms with Gasteiger partial charge >= 0.3 is 0 Å². The average Bonchev–Trinajstić information content (AvgIpc) is 2.74. The molecule has 2 aromatic carbocycles. The summed E-state index contributed by atoms with van der Waals surface area (Å²) in [7, 11) is -2.32. The Balaban J connectivity index is 2.40. The third-order valence-electron chi connectivity index (χ3n) is 4.86. The second-order valence-corrected chi connectivity index (χ2v) is 10.8. The topological polar surface area (TPSA) is 96.0 Å². The molecule has 2 aromatic rings. The molecule has 180 valence electrons. The predicted molar refractivity (Wildman–Crippen MR) is 133 cm³/mol. The number of nitrogens with one attached hydrogen (secondary N) is 1. The molecular weight excluding hydrogens is 510 g/mol. The molecule has 0 heterocycles. The molecule has 2 rings (SSSR count). The Kier molecular flexibility index (Phi) is 9.30. The van der Waals surface area contributed by atoms with Crippen molar-refractivity contribution >= 4 is 43.5 Å². The van der Waals surface area contributed by atoms with Crippen LogP contribution >= 0.6 is 15.9 Å². The van der Waals surface area contributed by atoms with Crippen LogP contribution in [0.4, 0.5) is 5.69 Å². The molecule has 0 saturated heterocycles. The second-order valence-electron chi connectivity index (χ2n) is 7.96. The molecule has 0 radical (unpaired) electrons. The highest BCUT2D eigenvalue weighted by Gasteiger charge is 2.30. The Labute approximate surface area is 204 Å². The van der Waals surface area contributed by atoms with E-state index < -0.39 is 28.5 Å². The van der Waals surface area contributed by atoms with Crippen molar-refractivity contribution in [2.24, 2.45) is 0 Å². The summed E-state index contributed by atoms with van der Waals surface area (Å²) in [6.07, 6.45) is 1.04. The zero-order valence-corrected chi connectivity index (χ0v) is 21.8. The minimum Gasteiger partial charge on any atom is -0.497 e. The van der Waals surface area contributed by atoms with Gasteiger partial charge in [-0.2, -0.15) is 0 Å². The van der Waals surface area contributed by atoms with Crippen LogP contribution in [-0.4, -0.2) is 57.1 Å². The molecular formula is C23H30BrN3O5S. The van der Waals surface area contributed by atoms with Gasteiger partial charge in [-0.05, 0) is 50.6 Å². The number of nitrogens with zero attached hydrogens (tertiary/aromatic N) is 2. The summed E-state index contributed by atoms with van der Waals surface area (Å²) in [4.78, 5) is 27.6. The van der Waals surface area contributed by atoms with Crippen LogP contribution in [0, 0.1) is 0 Å². The minimum atomic E-state index is -3.79. The number of sulfonamides is 1.